The molecule has 1 N–H and O–H groups in total. The van der Waals surface area contributed by atoms with Crippen molar-refractivity contribution in [3.8, 4) is 5.75 Å². The monoisotopic (exact) mass is 363 g/mol. The summed E-state index contributed by atoms with van der Waals surface area (Å²) >= 11 is 0. The molecule has 0 saturated carbocycles. The van der Waals surface area contributed by atoms with E-state index in [0.717, 1.165) is 13.1 Å². The number of fused-ring (bicyclic) bond motifs is 1. The van der Waals surface area contributed by atoms with E-state index in [1.54, 1.807) is 30.5 Å². The van der Waals surface area contributed by atoms with Crippen LogP contribution in [0.25, 0.3) is 10.8 Å². The summed E-state index contributed by atoms with van der Waals surface area (Å²) in [7, 11) is 0. The van der Waals surface area contributed by atoms with Crippen molar-refractivity contribution >= 4 is 22.4 Å². The lowest BCUT2D eigenvalue weighted by atomic mass is 10.1. The smallest absolute Gasteiger partial charge is 0.260 e. The predicted molar refractivity (Wildman–Crippen MR) is 105 cm³/mol. The number of rotatable bonds is 4. The predicted octanol–water partition coefficient (Wildman–Crippen LogP) is 2.26. The number of para-hydroxylation sites is 1. The van der Waals surface area contributed by atoms with Crippen molar-refractivity contribution in [3.63, 3.8) is 0 Å². The van der Waals surface area contributed by atoms with Gasteiger partial charge in [-0.1, -0.05) is 24.3 Å². The van der Waals surface area contributed by atoms with Crippen molar-refractivity contribution in [1.29, 1.82) is 0 Å². The lowest BCUT2D eigenvalue weighted by Gasteiger charge is -2.36. The Morgan fingerprint density at radius 3 is 2.48 bits per heavy atom. The summed E-state index contributed by atoms with van der Waals surface area (Å²) in [5.74, 6) is 0.513. The molecule has 0 atom stereocenters. The van der Waals surface area contributed by atoms with Crippen molar-refractivity contribution < 1.29 is 9.53 Å². The molecule has 0 bridgehead atoms. The van der Waals surface area contributed by atoms with Gasteiger partial charge >= 0.3 is 0 Å². The molecule has 1 saturated heterocycles. The Kier molecular flexibility index (Phi) is 4.78. The zero-order valence-corrected chi connectivity index (χ0v) is 14.9. The van der Waals surface area contributed by atoms with Gasteiger partial charge in [0.1, 0.15) is 5.75 Å². The molecule has 1 amide bonds. The van der Waals surface area contributed by atoms with Gasteiger partial charge in [-0.2, -0.15) is 0 Å². The minimum Gasteiger partial charge on any atom is -0.483 e. The maximum absolute atomic E-state index is 12.5. The molecule has 6 heteroatoms. The maximum Gasteiger partial charge on any atom is 0.260 e. The number of aromatic nitrogens is 1. The summed E-state index contributed by atoms with van der Waals surface area (Å²) in [4.78, 5) is 31.2. The van der Waals surface area contributed by atoms with Crippen molar-refractivity contribution in [1.82, 2.24) is 9.88 Å². The fraction of sp³-hybridized carbons (Fsp3) is 0.238. The Labute approximate surface area is 157 Å². The Hall–Kier alpha value is -3.28. The van der Waals surface area contributed by atoms with E-state index in [0.29, 0.717) is 29.6 Å². The van der Waals surface area contributed by atoms with E-state index in [1.807, 2.05) is 23.1 Å². The van der Waals surface area contributed by atoms with Gasteiger partial charge in [0, 0.05) is 43.4 Å². The first kappa shape index (κ1) is 17.1. The zero-order valence-electron chi connectivity index (χ0n) is 14.9. The van der Waals surface area contributed by atoms with Crippen LogP contribution in [0, 0.1) is 0 Å². The first-order valence-corrected chi connectivity index (χ1v) is 9.03. The van der Waals surface area contributed by atoms with Crippen molar-refractivity contribution in [2.75, 3.05) is 37.7 Å². The van der Waals surface area contributed by atoms with Crippen LogP contribution in [0.5, 0.6) is 5.75 Å². The number of amides is 1. The van der Waals surface area contributed by atoms with Crippen LogP contribution in [0.4, 0.5) is 5.69 Å². The topological polar surface area (TPSA) is 65.6 Å². The van der Waals surface area contributed by atoms with E-state index in [-0.39, 0.29) is 18.1 Å². The fourth-order valence-corrected chi connectivity index (χ4v) is 3.40. The second kappa shape index (κ2) is 7.53. The van der Waals surface area contributed by atoms with Crippen molar-refractivity contribution in [3.05, 3.63) is 71.1 Å². The van der Waals surface area contributed by atoms with Gasteiger partial charge in [-0.15, -0.1) is 0 Å². The lowest BCUT2D eigenvalue weighted by molar-refractivity contribution is -0.133. The third-order valence-electron chi connectivity index (χ3n) is 4.88. The SMILES string of the molecule is O=C(COc1cccc2c(=O)[nH]ccc12)N1CCN(c2ccccc2)CC1. The van der Waals surface area contributed by atoms with Crippen LogP contribution >= 0.6 is 0 Å². The van der Waals surface area contributed by atoms with Gasteiger partial charge in [-0.25, -0.2) is 0 Å². The Bertz CT molecular complexity index is 992. The molecule has 1 aromatic heterocycles. The number of nitrogens with zero attached hydrogens (tertiary/aromatic N) is 2. The summed E-state index contributed by atoms with van der Waals surface area (Å²) < 4.78 is 5.74. The number of H-pyrrole nitrogens is 1. The Morgan fingerprint density at radius 2 is 1.70 bits per heavy atom. The number of carbonyl (C=O) groups excluding carboxylic acids is 1. The highest BCUT2D eigenvalue weighted by molar-refractivity contribution is 5.87. The van der Waals surface area contributed by atoms with Gasteiger partial charge in [0.2, 0.25) is 0 Å². The summed E-state index contributed by atoms with van der Waals surface area (Å²) in [6.07, 6.45) is 1.59. The molecule has 4 rings (SSSR count). The molecule has 1 aliphatic heterocycles. The highest BCUT2D eigenvalue weighted by atomic mass is 16.5. The maximum atomic E-state index is 12.5. The molecule has 27 heavy (non-hydrogen) atoms. The van der Waals surface area contributed by atoms with E-state index >= 15 is 0 Å². The minimum absolute atomic E-state index is 0.0305. The van der Waals surface area contributed by atoms with Gasteiger partial charge in [-0.05, 0) is 30.3 Å². The van der Waals surface area contributed by atoms with Crippen LogP contribution in [0.1, 0.15) is 0 Å². The second-order valence-electron chi connectivity index (χ2n) is 6.52. The number of benzene rings is 2. The molecule has 2 aromatic carbocycles. The normalized spacial score (nSPS) is 14.4. The number of hydrogen-bond acceptors (Lipinski definition) is 4. The van der Waals surface area contributed by atoms with Gasteiger partial charge in [-0.3, -0.25) is 9.59 Å². The molecular weight excluding hydrogens is 342 g/mol. The number of aromatic amines is 1. The number of carbonyl (C=O) groups is 1. The largest absolute Gasteiger partial charge is 0.483 e. The van der Waals surface area contributed by atoms with Crippen LogP contribution in [0.15, 0.2) is 65.6 Å². The van der Waals surface area contributed by atoms with Gasteiger partial charge < -0.3 is 19.5 Å². The summed E-state index contributed by atoms with van der Waals surface area (Å²) in [6.45, 7) is 2.93. The van der Waals surface area contributed by atoms with Crippen LogP contribution in [-0.2, 0) is 4.79 Å². The van der Waals surface area contributed by atoms with E-state index in [4.69, 9.17) is 4.74 Å². The Morgan fingerprint density at radius 1 is 0.926 bits per heavy atom. The van der Waals surface area contributed by atoms with Gasteiger partial charge in [0.05, 0.1) is 5.39 Å². The third kappa shape index (κ3) is 3.65. The molecule has 1 fully saturated rings. The molecular formula is C21H21N3O3. The molecule has 0 unspecified atom stereocenters. The molecule has 1 aliphatic rings. The highest BCUT2D eigenvalue weighted by Crippen LogP contribution is 2.23. The molecule has 0 aliphatic carbocycles. The molecule has 0 spiro atoms. The van der Waals surface area contributed by atoms with Crippen LogP contribution in [-0.4, -0.2) is 48.6 Å². The van der Waals surface area contributed by atoms with Crippen LogP contribution < -0.4 is 15.2 Å². The van der Waals surface area contributed by atoms with Crippen LogP contribution in [0.2, 0.25) is 0 Å². The van der Waals surface area contributed by atoms with Gasteiger partial charge in [0.15, 0.2) is 6.61 Å². The van der Waals surface area contributed by atoms with Crippen LogP contribution in [0.3, 0.4) is 0 Å². The second-order valence-corrected chi connectivity index (χ2v) is 6.52. The number of pyridine rings is 1. The minimum atomic E-state index is -0.165. The van der Waals surface area contributed by atoms with E-state index < -0.39 is 0 Å². The quantitative estimate of drug-likeness (QED) is 0.772. The first-order valence-electron chi connectivity index (χ1n) is 9.03. The molecule has 6 nitrogen and oxygen atoms in total. The first-order chi connectivity index (χ1) is 13.2. The summed E-state index contributed by atoms with van der Waals surface area (Å²) in [6, 6.07) is 17.3. The average molecular weight is 363 g/mol. The highest BCUT2D eigenvalue weighted by Gasteiger charge is 2.21. The molecule has 138 valence electrons. The number of piperazine rings is 1. The third-order valence-corrected chi connectivity index (χ3v) is 4.88. The van der Waals surface area contributed by atoms with E-state index in [2.05, 4.69) is 22.0 Å². The van der Waals surface area contributed by atoms with Crippen molar-refractivity contribution in [2.24, 2.45) is 0 Å². The van der Waals surface area contributed by atoms with E-state index in [9.17, 15) is 9.59 Å². The van der Waals surface area contributed by atoms with E-state index in [1.165, 1.54) is 5.69 Å². The summed E-state index contributed by atoms with van der Waals surface area (Å²) in [5, 5.41) is 1.27. The van der Waals surface area contributed by atoms with Crippen molar-refractivity contribution in [2.45, 2.75) is 0 Å². The average Bonchev–Trinajstić information content (AvgIpc) is 2.73. The number of hydrogen-bond donors (Lipinski definition) is 1. The number of ether oxygens (including phenoxy) is 1. The summed E-state index contributed by atoms with van der Waals surface area (Å²) in [5.41, 5.74) is 1.02. The number of anilines is 1. The molecule has 3 aromatic rings. The fourth-order valence-electron chi connectivity index (χ4n) is 3.40. The Balaban J connectivity index is 1.37. The lowest BCUT2D eigenvalue weighted by Crippen LogP contribution is -2.50. The molecule has 0 radical (unpaired) electrons. The van der Waals surface area contributed by atoms with Gasteiger partial charge in [0.25, 0.3) is 11.5 Å². The molecule has 2 heterocycles. The standard InChI is InChI=1S/C21H21N3O3/c25-20(24-13-11-23(12-14-24)16-5-2-1-3-6-16)15-27-19-8-4-7-18-17(19)9-10-22-21(18)26/h1-10H,11-15H2,(H,22,26). The zero-order chi connectivity index (χ0) is 18.6. The number of nitrogens with one attached hydrogen (secondary N) is 1.